The zero-order valence-electron chi connectivity index (χ0n) is 14.9. The number of aromatic nitrogens is 1. The Morgan fingerprint density at radius 1 is 1.22 bits per heavy atom. The van der Waals surface area contributed by atoms with Crippen molar-refractivity contribution < 1.29 is 18.4 Å². The van der Waals surface area contributed by atoms with Crippen LogP contribution in [0.2, 0.25) is 0 Å². The van der Waals surface area contributed by atoms with Crippen molar-refractivity contribution in [3.8, 4) is 17.1 Å². The predicted octanol–water partition coefficient (Wildman–Crippen LogP) is 3.66. The molecule has 4 rings (SSSR count). The summed E-state index contributed by atoms with van der Waals surface area (Å²) in [5, 5.41) is 6.79. The van der Waals surface area contributed by atoms with E-state index in [0.29, 0.717) is 18.0 Å². The van der Waals surface area contributed by atoms with Gasteiger partial charge >= 0.3 is 0 Å². The maximum Gasteiger partial charge on any atom is 0.226 e. The molecule has 6 heteroatoms. The number of halogens is 1. The zero-order chi connectivity index (χ0) is 18.8. The van der Waals surface area contributed by atoms with Gasteiger partial charge in [0.2, 0.25) is 5.91 Å². The van der Waals surface area contributed by atoms with Crippen molar-refractivity contribution in [1.29, 1.82) is 0 Å². The predicted molar refractivity (Wildman–Crippen MR) is 97.7 cm³/mol. The zero-order valence-corrected chi connectivity index (χ0v) is 14.9. The average molecular weight is 366 g/mol. The fourth-order valence-corrected chi connectivity index (χ4v) is 3.14. The fourth-order valence-electron chi connectivity index (χ4n) is 3.14. The van der Waals surface area contributed by atoms with Crippen molar-refractivity contribution in [3.63, 3.8) is 0 Å². The van der Waals surface area contributed by atoms with Crippen molar-refractivity contribution in [2.75, 3.05) is 0 Å². The number of carbonyl (C=O) groups excluding carboxylic acids is 1. The largest absolute Gasteiger partial charge is 0.490 e. The van der Waals surface area contributed by atoms with Crippen molar-refractivity contribution in [2.24, 2.45) is 0 Å². The summed E-state index contributed by atoms with van der Waals surface area (Å²) in [4.78, 5) is 12.1. The molecule has 0 aliphatic carbocycles. The molecule has 0 radical (unpaired) electrons. The van der Waals surface area contributed by atoms with Crippen LogP contribution < -0.4 is 10.1 Å². The van der Waals surface area contributed by atoms with Gasteiger partial charge in [0, 0.05) is 24.6 Å². The number of nitrogens with zero attached hydrogens (tertiary/aromatic N) is 1. The van der Waals surface area contributed by atoms with E-state index in [9.17, 15) is 9.18 Å². The molecule has 1 atom stereocenters. The normalized spacial score (nSPS) is 15.3. The summed E-state index contributed by atoms with van der Waals surface area (Å²) in [6, 6.07) is 13.7. The second kappa shape index (κ2) is 7.23. The van der Waals surface area contributed by atoms with Gasteiger partial charge in [-0.2, -0.15) is 0 Å². The topological polar surface area (TPSA) is 64.4 Å². The Balaban J connectivity index is 1.37. The summed E-state index contributed by atoms with van der Waals surface area (Å²) in [7, 11) is 0. The van der Waals surface area contributed by atoms with Crippen molar-refractivity contribution in [2.45, 2.75) is 32.4 Å². The SMILES string of the molecule is CC1Cc2cc(-c3cc(CC(=O)NCc4ccc(F)cc4)no3)ccc2O1. The van der Waals surface area contributed by atoms with Crippen LogP contribution in [0.3, 0.4) is 0 Å². The second-order valence-corrected chi connectivity index (χ2v) is 6.72. The number of hydrogen-bond acceptors (Lipinski definition) is 4. The van der Waals surface area contributed by atoms with Gasteiger partial charge in [0.05, 0.1) is 12.1 Å². The number of amides is 1. The van der Waals surface area contributed by atoms with E-state index in [4.69, 9.17) is 9.26 Å². The summed E-state index contributed by atoms with van der Waals surface area (Å²) in [5.41, 5.74) is 3.46. The average Bonchev–Trinajstić information content (AvgIpc) is 3.26. The maximum atomic E-state index is 12.9. The van der Waals surface area contributed by atoms with Gasteiger partial charge in [-0.25, -0.2) is 4.39 Å². The molecule has 1 aliphatic rings. The molecule has 1 N–H and O–H groups in total. The molecule has 0 bridgehead atoms. The minimum absolute atomic E-state index is 0.121. The highest BCUT2D eigenvalue weighted by Crippen LogP contribution is 2.33. The van der Waals surface area contributed by atoms with Gasteiger partial charge < -0.3 is 14.6 Å². The number of rotatable bonds is 5. The number of ether oxygens (including phenoxy) is 1. The Kier molecular flexibility index (Phi) is 4.62. The molecular formula is C21H19FN2O3. The van der Waals surface area contributed by atoms with Gasteiger partial charge in [-0.15, -0.1) is 0 Å². The van der Waals surface area contributed by atoms with Crippen LogP contribution >= 0.6 is 0 Å². The summed E-state index contributed by atoms with van der Waals surface area (Å²) >= 11 is 0. The molecule has 1 unspecified atom stereocenters. The summed E-state index contributed by atoms with van der Waals surface area (Å²) in [5.74, 6) is 1.06. The minimum atomic E-state index is -0.298. The third kappa shape index (κ3) is 4.00. The fraction of sp³-hybridized carbons (Fsp3) is 0.238. The van der Waals surface area contributed by atoms with Gasteiger partial charge in [0.1, 0.15) is 17.7 Å². The van der Waals surface area contributed by atoms with Gasteiger partial charge in [-0.05, 0) is 48.4 Å². The van der Waals surface area contributed by atoms with Crippen LogP contribution in [-0.2, 0) is 24.2 Å². The molecule has 0 spiro atoms. The van der Waals surface area contributed by atoms with Crippen LogP contribution in [0.25, 0.3) is 11.3 Å². The van der Waals surface area contributed by atoms with E-state index in [1.165, 1.54) is 12.1 Å². The number of fused-ring (bicyclic) bond motifs is 1. The standard InChI is InChI=1S/C21H19FN2O3/c1-13-8-16-9-15(4-7-19(16)26-13)20-10-18(24-27-20)11-21(25)23-12-14-2-5-17(22)6-3-14/h2-7,9-10,13H,8,11-12H2,1H3,(H,23,25). The van der Waals surface area contributed by atoms with E-state index in [1.807, 2.05) is 25.1 Å². The van der Waals surface area contributed by atoms with Crippen LogP contribution in [0.5, 0.6) is 5.75 Å². The van der Waals surface area contributed by atoms with E-state index in [2.05, 4.69) is 10.5 Å². The highest BCUT2D eigenvalue weighted by molar-refractivity contribution is 5.78. The third-order valence-corrected chi connectivity index (χ3v) is 4.48. The number of hydrogen-bond donors (Lipinski definition) is 1. The van der Waals surface area contributed by atoms with Gasteiger partial charge in [-0.3, -0.25) is 4.79 Å². The van der Waals surface area contributed by atoms with E-state index in [1.54, 1.807) is 18.2 Å². The first kappa shape index (κ1) is 17.3. The molecule has 2 aromatic carbocycles. The quantitative estimate of drug-likeness (QED) is 0.748. The Morgan fingerprint density at radius 3 is 2.85 bits per heavy atom. The lowest BCUT2D eigenvalue weighted by Gasteiger charge is -2.03. The number of nitrogens with one attached hydrogen (secondary N) is 1. The molecule has 2 heterocycles. The van der Waals surface area contributed by atoms with Crippen LogP contribution in [-0.4, -0.2) is 17.2 Å². The van der Waals surface area contributed by atoms with Crippen LogP contribution in [0.15, 0.2) is 53.1 Å². The van der Waals surface area contributed by atoms with Gasteiger partial charge in [0.15, 0.2) is 5.76 Å². The third-order valence-electron chi connectivity index (χ3n) is 4.48. The minimum Gasteiger partial charge on any atom is -0.490 e. The summed E-state index contributed by atoms with van der Waals surface area (Å²) in [6.45, 7) is 2.38. The molecular weight excluding hydrogens is 347 g/mol. The lowest BCUT2D eigenvalue weighted by Crippen LogP contribution is -2.24. The molecule has 0 saturated heterocycles. The number of benzene rings is 2. The van der Waals surface area contributed by atoms with Gasteiger partial charge in [-0.1, -0.05) is 17.3 Å². The first-order valence-electron chi connectivity index (χ1n) is 8.83. The van der Waals surface area contributed by atoms with Crippen molar-refractivity contribution in [1.82, 2.24) is 10.5 Å². The van der Waals surface area contributed by atoms with E-state index in [-0.39, 0.29) is 24.2 Å². The van der Waals surface area contributed by atoms with Crippen molar-refractivity contribution in [3.05, 3.63) is 71.2 Å². The Bertz CT molecular complexity index is 966. The molecule has 138 valence electrons. The maximum absolute atomic E-state index is 12.9. The lowest BCUT2D eigenvalue weighted by molar-refractivity contribution is -0.120. The Labute approximate surface area is 156 Å². The molecule has 1 aromatic heterocycles. The van der Waals surface area contributed by atoms with Crippen LogP contribution in [0.1, 0.15) is 23.7 Å². The van der Waals surface area contributed by atoms with Gasteiger partial charge in [0.25, 0.3) is 0 Å². The first-order valence-corrected chi connectivity index (χ1v) is 8.83. The van der Waals surface area contributed by atoms with Crippen LogP contribution in [0, 0.1) is 5.82 Å². The van der Waals surface area contributed by atoms with Crippen LogP contribution in [0.4, 0.5) is 4.39 Å². The van der Waals surface area contributed by atoms with E-state index < -0.39 is 0 Å². The molecule has 27 heavy (non-hydrogen) atoms. The first-order chi connectivity index (χ1) is 13.1. The van der Waals surface area contributed by atoms with E-state index in [0.717, 1.165) is 28.9 Å². The molecule has 0 saturated carbocycles. The molecule has 5 nitrogen and oxygen atoms in total. The highest BCUT2D eigenvalue weighted by Gasteiger charge is 2.20. The lowest BCUT2D eigenvalue weighted by atomic mass is 10.1. The monoisotopic (exact) mass is 366 g/mol. The molecule has 0 fully saturated rings. The molecule has 1 amide bonds. The summed E-state index contributed by atoms with van der Waals surface area (Å²) in [6.07, 6.45) is 1.18. The number of carbonyl (C=O) groups is 1. The highest BCUT2D eigenvalue weighted by atomic mass is 19.1. The second-order valence-electron chi connectivity index (χ2n) is 6.72. The van der Waals surface area contributed by atoms with E-state index >= 15 is 0 Å². The summed E-state index contributed by atoms with van der Waals surface area (Å²) < 4.78 is 24.0. The van der Waals surface area contributed by atoms with Crippen molar-refractivity contribution >= 4 is 5.91 Å². The molecule has 3 aromatic rings. The Morgan fingerprint density at radius 2 is 2.04 bits per heavy atom. The smallest absolute Gasteiger partial charge is 0.226 e. The molecule has 1 aliphatic heterocycles. The Hall–Kier alpha value is -3.15.